The zero-order valence-corrected chi connectivity index (χ0v) is 24.7. The lowest BCUT2D eigenvalue weighted by atomic mass is 10.1. The van der Waals surface area contributed by atoms with Gasteiger partial charge in [0.2, 0.25) is 5.91 Å². The van der Waals surface area contributed by atoms with E-state index in [1.165, 1.54) is 19.6 Å². The number of carbonyl (C=O) groups excluding carboxylic acids is 4. The first-order chi connectivity index (χ1) is 19.7. The predicted molar refractivity (Wildman–Crippen MR) is 151 cm³/mol. The van der Waals surface area contributed by atoms with Gasteiger partial charge in [0.25, 0.3) is 11.8 Å². The van der Waals surface area contributed by atoms with Gasteiger partial charge in [-0.25, -0.2) is 19.6 Å². The number of hydrogen-bond acceptors (Lipinski definition) is 10. The molecule has 0 aliphatic carbocycles. The minimum atomic E-state index is -1.05. The standard InChI is InChI=1S/C25H30Cl2N8O7/c1-13(36)33-34-21(37)16(32-24(39)42-25(2,3)4)6-5-9-40-17-8-7-15(26)18(27)14(17)10-35-12-31-19-20(35)29-11-30-22(19)41-23(28)38/h7-8,11-12,16H,5-6,9-10H2,1-4H3,(H2,28,38)(H,32,39)(H,33,36)(H,34,37)/t16-/m1/s1. The summed E-state index contributed by atoms with van der Waals surface area (Å²) < 4.78 is 17.7. The largest absolute Gasteiger partial charge is 0.493 e. The summed E-state index contributed by atoms with van der Waals surface area (Å²) >= 11 is 12.8. The molecule has 0 saturated heterocycles. The Bertz CT molecular complexity index is 1470. The van der Waals surface area contributed by atoms with Crippen LogP contribution in [0, 0.1) is 0 Å². The molecule has 0 fully saturated rings. The fraction of sp³-hybridized carbons (Fsp3) is 0.400. The van der Waals surface area contributed by atoms with E-state index in [0.29, 0.717) is 23.4 Å². The molecule has 1 atom stereocenters. The summed E-state index contributed by atoms with van der Waals surface area (Å²) in [5.41, 5.74) is 9.81. The minimum absolute atomic E-state index is 0.100. The monoisotopic (exact) mass is 624 g/mol. The summed E-state index contributed by atoms with van der Waals surface area (Å²) in [4.78, 5) is 59.6. The topological polar surface area (TPSA) is 202 Å². The molecule has 3 rings (SSSR count). The average Bonchev–Trinajstić information content (AvgIpc) is 3.30. The van der Waals surface area contributed by atoms with Gasteiger partial charge in [-0.1, -0.05) is 23.2 Å². The molecule has 0 unspecified atom stereocenters. The number of rotatable bonds is 10. The molecule has 226 valence electrons. The Morgan fingerprint density at radius 3 is 2.50 bits per heavy atom. The minimum Gasteiger partial charge on any atom is -0.493 e. The number of hydrogen-bond donors (Lipinski definition) is 4. The fourth-order valence-corrected chi connectivity index (χ4v) is 3.99. The SMILES string of the molecule is CC(=O)NNC(=O)[C@@H](CCCOc1ccc(Cl)c(Cl)c1Cn1cnc2c(OC(N)=O)ncnc21)NC(=O)OC(C)(C)C. The first-order valence-electron chi connectivity index (χ1n) is 12.5. The fourth-order valence-electron chi connectivity index (χ4n) is 3.60. The van der Waals surface area contributed by atoms with E-state index < -0.39 is 35.6 Å². The molecule has 17 heteroatoms. The van der Waals surface area contributed by atoms with Crippen molar-refractivity contribution in [3.05, 3.63) is 40.4 Å². The van der Waals surface area contributed by atoms with Crippen molar-refractivity contribution in [2.45, 2.75) is 58.7 Å². The summed E-state index contributed by atoms with van der Waals surface area (Å²) in [7, 11) is 0. The molecule has 1 aromatic carbocycles. The van der Waals surface area contributed by atoms with Crippen LogP contribution in [0.1, 0.15) is 46.1 Å². The molecular formula is C25H30Cl2N8O7. The van der Waals surface area contributed by atoms with Crippen LogP contribution in [0.2, 0.25) is 10.0 Å². The van der Waals surface area contributed by atoms with Gasteiger partial charge in [-0.2, -0.15) is 4.98 Å². The van der Waals surface area contributed by atoms with Crippen LogP contribution in [0.25, 0.3) is 11.2 Å². The maximum atomic E-state index is 12.6. The van der Waals surface area contributed by atoms with Gasteiger partial charge in [-0.05, 0) is 45.7 Å². The summed E-state index contributed by atoms with van der Waals surface area (Å²) in [5, 5.41) is 3.03. The van der Waals surface area contributed by atoms with E-state index in [0.717, 1.165) is 0 Å². The Kier molecular flexibility index (Phi) is 10.7. The highest BCUT2D eigenvalue weighted by Crippen LogP contribution is 2.34. The smallest absolute Gasteiger partial charge is 0.411 e. The van der Waals surface area contributed by atoms with Gasteiger partial charge >= 0.3 is 12.2 Å². The molecular weight excluding hydrogens is 595 g/mol. The number of primary amides is 1. The van der Waals surface area contributed by atoms with Gasteiger partial charge in [0.1, 0.15) is 23.7 Å². The summed E-state index contributed by atoms with van der Waals surface area (Å²) in [6.45, 7) is 6.54. The van der Waals surface area contributed by atoms with Crippen molar-refractivity contribution in [3.63, 3.8) is 0 Å². The zero-order valence-electron chi connectivity index (χ0n) is 23.2. The van der Waals surface area contributed by atoms with Crippen LogP contribution in [-0.2, 0) is 20.9 Å². The quantitative estimate of drug-likeness (QED) is 0.192. The second-order valence-electron chi connectivity index (χ2n) is 9.84. The number of alkyl carbamates (subject to hydrolysis) is 1. The van der Waals surface area contributed by atoms with Crippen molar-refractivity contribution in [1.82, 2.24) is 35.7 Å². The summed E-state index contributed by atoms with van der Waals surface area (Å²) in [5.74, 6) is -0.825. The molecule has 4 amide bonds. The lowest BCUT2D eigenvalue weighted by molar-refractivity contribution is -0.129. The predicted octanol–water partition coefficient (Wildman–Crippen LogP) is 2.86. The Morgan fingerprint density at radius 1 is 1.10 bits per heavy atom. The number of hydrazine groups is 1. The molecule has 0 bridgehead atoms. The Hall–Kier alpha value is -4.37. The van der Waals surface area contributed by atoms with Crippen LogP contribution in [0.3, 0.4) is 0 Å². The van der Waals surface area contributed by atoms with Crippen LogP contribution < -0.4 is 31.4 Å². The lowest BCUT2D eigenvalue weighted by Gasteiger charge is -2.23. The second kappa shape index (κ2) is 14.0. The van der Waals surface area contributed by atoms with Gasteiger partial charge < -0.3 is 29.8 Å². The number of halogens is 2. The number of nitrogens with one attached hydrogen (secondary N) is 3. The highest BCUT2D eigenvalue weighted by Gasteiger charge is 2.25. The van der Waals surface area contributed by atoms with E-state index in [1.807, 2.05) is 0 Å². The molecule has 0 spiro atoms. The van der Waals surface area contributed by atoms with E-state index in [2.05, 4.69) is 31.1 Å². The number of aromatic nitrogens is 4. The number of benzene rings is 1. The Labute approximate surface area is 250 Å². The van der Waals surface area contributed by atoms with Gasteiger partial charge in [0, 0.05) is 12.5 Å². The third-order valence-corrected chi connectivity index (χ3v) is 6.15. The molecule has 15 nitrogen and oxygen atoms in total. The maximum Gasteiger partial charge on any atom is 0.411 e. The normalized spacial score (nSPS) is 11.9. The molecule has 5 N–H and O–H groups in total. The molecule has 2 aromatic heterocycles. The summed E-state index contributed by atoms with van der Waals surface area (Å²) in [6.07, 6.45) is 1.26. The first kappa shape index (κ1) is 32.1. The van der Waals surface area contributed by atoms with Crippen LogP contribution in [-0.4, -0.2) is 61.8 Å². The van der Waals surface area contributed by atoms with Gasteiger partial charge in [0.15, 0.2) is 11.2 Å². The first-order valence-corrected chi connectivity index (χ1v) is 13.3. The van der Waals surface area contributed by atoms with Crippen LogP contribution in [0.15, 0.2) is 24.8 Å². The highest BCUT2D eigenvalue weighted by atomic mass is 35.5. The Morgan fingerprint density at radius 2 is 1.83 bits per heavy atom. The maximum absolute atomic E-state index is 12.6. The molecule has 42 heavy (non-hydrogen) atoms. The molecule has 0 aliphatic rings. The average molecular weight is 625 g/mol. The van der Waals surface area contributed by atoms with E-state index in [4.69, 9.17) is 43.1 Å². The lowest BCUT2D eigenvalue weighted by Crippen LogP contribution is -2.52. The summed E-state index contributed by atoms with van der Waals surface area (Å²) in [6, 6.07) is 2.18. The van der Waals surface area contributed by atoms with E-state index in [1.54, 1.807) is 37.5 Å². The number of nitrogens with zero attached hydrogens (tertiary/aromatic N) is 4. The molecule has 0 saturated carbocycles. The van der Waals surface area contributed by atoms with Crippen LogP contribution in [0.4, 0.5) is 9.59 Å². The number of amides is 4. The van der Waals surface area contributed by atoms with Gasteiger partial charge in [-0.3, -0.25) is 20.4 Å². The second-order valence-corrected chi connectivity index (χ2v) is 10.6. The van der Waals surface area contributed by atoms with Crippen molar-refractivity contribution >= 4 is 58.4 Å². The molecule has 0 aliphatic heterocycles. The third kappa shape index (κ3) is 9.07. The van der Waals surface area contributed by atoms with Crippen molar-refractivity contribution in [1.29, 1.82) is 0 Å². The van der Waals surface area contributed by atoms with Crippen LogP contribution >= 0.6 is 23.2 Å². The zero-order chi connectivity index (χ0) is 31.0. The van der Waals surface area contributed by atoms with Gasteiger partial charge in [-0.15, -0.1) is 0 Å². The van der Waals surface area contributed by atoms with Crippen LogP contribution in [0.5, 0.6) is 11.6 Å². The van der Waals surface area contributed by atoms with Crippen molar-refractivity contribution in [2.24, 2.45) is 5.73 Å². The number of imidazole rings is 1. The van der Waals surface area contributed by atoms with Crippen molar-refractivity contribution in [3.8, 4) is 11.6 Å². The molecule has 2 heterocycles. The van der Waals surface area contributed by atoms with Crippen molar-refractivity contribution < 1.29 is 33.4 Å². The number of nitrogens with two attached hydrogens (primary N) is 1. The highest BCUT2D eigenvalue weighted by molar-refractivity contribution is 6.42. The number of carbonyl (C=O) groups is 4. The molecule has 0 radical (unpaired) electrons. The van der Waals surface area contributed by atoms with E-state index in [-0.39, 0.29) is 41.0 Å². The van der Waals surface area contributed by atoms with Gasteiger partial charge in [0.05, 0.1) is 29.5 Å². The van der Waals surface area contributed by atoms with E-state index >= 15 is 0 Å². The third-order valence-electron chi connectivity index (χ3n) is 5.31. The number of fused-ring (bicyclic) bond motifs is 1. The number of ether oxygens (including phenoxy) is 3. The van der Waals surface area contributed by atoms with Crippen molar-refractivity contribution in [2.75, 3.05) is 6.61 Å². The molecule has 3 aromatic rings. The van der Waals surface area contributed by atoms with E-state index in [9.17, 15) is 19.2 Å². The Balaban J connectivity index is 1.73.